The quantitative estimate of drug-likeness (QED) is 0.708. The second-order valence-electron chi connectivity index (χ2n) is 4.10. The number of rotatable bonds is 9. The van der Waals surface area contributed by atoms with Gasteiger partial charge in [-0.25, -0.2) is 0 Å². The third kappa shape index (κ3) is 4.68. The maximum atomic E-state index is 6.18. The van der Waals surface area contributed by atoms with Gasteiger partial charge in [-0.15, -0.1) is 0 Å². The average molecular weight is 320 g/mol. The maximum absolute atomic E-state index is 6.18. The van der Waals surface area contributed by atoms with E-state index in [4.69, 9.17) is 15.2 Å². The first kappa shape index (κ1) is 15.6. The minimum Gasteiger partial charge on any atom is -0.382 e. The molecule has 0 aliphatic heterocycles. The van der Waals surface area contributed by atoms with Crippen molar-refractivity contribution in [3.05, 3.63) is 16.4 Å². The van der Waals surface area contributed by atoms with Crippen LogP contribution in [0.4, 0.5) is 0 Å². The van der Waals surface area contributed by atoms with Gasteiger partial charge >= 0.3 is 0 Å². The average Bonchev–Trinajstić information content (AvgIpc) is 2.71. The summed E-state index contributed by atoms with van der Waals surface area (Å²) in [6.45, 7) is 4.87. The molecule has 1 aromatic heterocycles. The number of methoxy groups -OCH3 is 1. The lowest BCUT2D eigenvalue weighted by atomic mass is 10.1. The van der Waals surface area contributed by atoms with Crippen LogP contribution in [0.25, 0.3) is 0 Å². The van der Waals surface area contributed by atoms with E-state index >= 15 is 0 Å². The van der Waals surface area contributed by atoms with Crippen LogP contribution >= 0.6 is 15.9 Å². The van der Waals surface area contributed by atoms with E-state index in [0.717, 1.165) is 29.6 Å². The lowest BCUT2D eigenvalue weighted by Gasteiger charge is -2.15. The summed E-state index contributed by atoms with van der Waals surface area (Å²) in [5, 5.41) is 4.31. The highest BCUT2D eigenvalue weighted by atomic mass is 79.9. The first-order valence-electron chi connectivity index (χ1n) is 6.24. The van der Waals surface area contributed by atoms with Gasteiger partial charge in [-0.05, 0) is 28.8 Å². The number of nitrogens with zero attached hydrogens (tertiary/aromatic N) is 2. The van der Waals surface area contributed by atoms with E-state index < -0.39 is 0 Å². The minimum absolute atomic E-state index is 0.0593. The summed E-state index contributed by atoms with van der Waals surface area (Å²) < 4.78 is 13.3. The number of aromatic nitrogens is 2. The Kier molecular flexibility index (Phi) is 7.50. The smallest absolute Gasteiger partial charge is 0.0700 e. The van der Waals surface area contributed by atoms with E-state index in [0.29, 0.717) is 19.8 Å². The molecular formula is C12H22BrN3O2. The molecule has 0 radical (unpaired) electrons. The Morgan fingerprint density at radius 3 is 2.89 bits per heavy atom. The number of nitrogens with two attached hydrogens (primary N) is 1. The zero-order chi connectivity index (χ0) is 13.4. The number of ether oxygens (including phenoxy) is 2. The Bertz CT molecular complexity index is 344. The molecule has 0 amide bonds. The van der Waals surface area contributed by atoms with Crippen molar-refractivity contribution >= 4 is 15.9 Å². The fourth-order valence-corrected chi connectivity index (χ4v) is 2.31. The maximum Gasteiger partial charge on any atom is 0.0700 e. The Hall–Kier alpha value is -0.430. The predicted octanol–water partition coefficient (Wildman–Crippen LogP) is 2.11. The van der Waals surface area contributed by atoms with Gasteiger partial charge in [0.2, 0.25) is 0 Å². The van der Waals surface area contributed by atoms with Crippen LogP contribution in [0.2, 0.25) is 0 Å². The monoisotopic (exact) mass is 319 g/mol. The Labute approximate surface area is 117 Å². The molecule has 0 saturated carbocycles. The topological polar surface area (TPSA) is 62.3 Å². The first-order chi connectivity index (χ1) is 8.70. The van der Waals surface area contributed by atoms with Crippen LogP contribution in [0.5, 0.6) is 0 Å². The molecule has 18 heavy (non-hydrogen) atoms. The van der Waals surface area contributed by atoms with Crippen molar-refractivity contribution in [3.63, 3.8) is 0 Å². The van der Waals surface area contributed by atoms with Crippen molar-refractivity contribution in [2.45, 2.75) is 32.4 Å². The third-order valence-corrected chi connectivity index (χ3v) is 3.24. The summed E-state index contributed by atoms with van der Waals surface area (Å²) in [6.07, 6.45) is 3.62. The van der Waals surface area contributed by atoms with Gasteiger partial charge in [-0.3, -0.25) is 4.68 Å². The van der Waals surface area contributed by atoms with Crippen LogP contribution in [-0.4, -0.2) is 36.7 Å². The van der Waals surface area contributed by atoms with E-state index in [1.165, 1.54) is 0 Å². The van der Waals surface area contributed by atoms with Crippen molar-refractivity contribution in [2.75, 3.05) is 26.9 Å². The molecule has 1 aromatic rings. The summed E-state index contributed by atoms with van der Waals surface area (Å²) in [5.41, 5.74) is 7.23. The summed E-state index contributed by atoms with van der Waals surface area (Å²) in [6, 6.07) is -0.0593. The van der Waals surface area contributed by atoms with Crippen LogP contribution < -0.4 is 5.73 Å². The van der Waals surface area contributed by atoms with Crippen molar-refractivity contribution in [3.8, 4) is 0 Å². The van der Waals surface area contributed by atoms with E-state index in [9.17, 15) is 0 Å². The summed E-state index contributed by atoms with van der Waals surface area (Å²) in [5.74, 6) is 0. The Morgan fingerprint density at radius 2 is 2.22 bits per heavy atom. The van der Waals surface area contributed by atoms with Gasteiger partial charge in [0.15, 0.2) is 0 Å². The van der Waals surface area contributed by atoms with Crippen LogP contribution in [0.1, 0.15) is 31.5 Å². The molecule has 1 rings (SSSR count). The van der Waals surface area contributed by atoms with Crippen molar-refractivity contribution < 1.29 is 9.47 Å². The molecule has 1 unspecified atom stereocenters. The highest BCUT2D eigenvalue weighted by Crippen LogP contribution is 2.24. The molecule has 0 aliphatic carbocycles. The molecule has 1 heterocycles. The summed E-state index contributed by atoms with van der Waals surface area (Å²) >= 11 is 3.50. The summed E-state index contributed by atoms with van der Waals surface area (Å²) in [7, 11) is 1.66. The molecule has 0 bridgehead atoms. The van der Waals surface area contributed by atoms with Crippen LogP contribution in [-0.2, 0) is 16.0 Å². The van der Waals surface area contributed by atoms with Crippen molar-refractivity contribution in [1.82, 2.24) is 9.78 Å². The molecular weight excluding hydrogens is 298 g/mol. The molecule has 0 spiro atoms. The van der Waals surface area contributed by atoms with E-state index in [-0.39, 0.29) is 6.04 Å². The van der Waals surface area contributed by atoms with Crippen molar-refractivity contribution in [1.29, 1.82) is 0 Å². The first-order valence-corrected chi connectivity index (χ1v) is 7.03. The van der Waals surface area contributed by atoms with E-state index in [1.54, 1.807) is 13.3 Å². The van der Waals surface area contributed by atoms with Gasteiger partial charge in [0, 0.05) is 20.3 Å². The molecule has 6 heteroatoms. The van der Waals surface area contributed by atoms with E-state index in [2.05, 4.69) is 28.0 Å². The van der Waals surface area contributed by atoms with Crippen LogP contribution in [0, 0.1) is 0 Å². The molecule has 104 valence electrons. The molecule has 0 fully saturated rings. The number of hydrogen-bond acceptors (Lipinski definition) is 4. The predicted molar refractivity (Wildman–Crippen MR) is 74.5 cm³/mol. The highest BCUT2D eigenvalue weighted by molar-refractivity contribution is 9.10. The Balaban J connectivity index is 2.44. The second-order valence-corrected chi connectivity index (χ2v) is 4.96. The second kappa shape index (κ2) is 8.63. The molecule has 1 atom stereocenters. The summed E-state index contributed by atoms with van der Waals surface area (Å²) in [4.78, 5) is 0. The van der Waals surface area contributed by atoms with Crippen LogP contribution in [0.15, 0.2) is 10.7 Å². The molecule has 0 saturated heterocycles. The molecule has 5 nitrogen and oxygen atoms in total. The number of halogens is 1. The van der Waals surface area contributed by atoms with Crippen LogP contribution in [0.3, 0.4) is 0 Å². The molecule has 0 aliphatic rings. The zero-order valence-corrected chi connectivity index (χ0v) is 12.6. The van der Waals surface area contributed by atoms with Gasteiger partial charge < -0.3 is 15.2 Å². The molecule has 2 N–H and O–H groups in total. The van der Waals surface area contributed by atoms with Gasteiger partial charge in [-0.2, -0.15) is 5.10 Å². The fourth-order valence-electron chi connectivity index (χ4n) is 1.72. The zero-order valence-electron chi connectivity index (χ0n) is 11.1. The lowest BCUT2D eigenvalue weighted by Crippen LogP contribution is -2.19. The number of hydrogen-bond donors (Lipinski definition) is 1. The largest absolute Gasteiger partial charge is 0.382 e. The SMILES string of the molecule is CCCn1ncc(Br)c1C(N)CCOCCOC. The normalized spacial score (nSPS) is 12.9. The van der Waals surface area contributed by atoms with Gasteiger partial charge in [-0.1, -0.05) is 6.92 Å². The highest BCUT2D eigenvalue weighted by Gasteiger charge is 2.15. The number of aryl methyl sites for hydroxylation is 1. The Morgan fingerprint density at radius 1 is 1.44 bits per heavy atom. The molecule has 0 aromatic carbocycles. The standard InChI is InChI=1S/C12H22BrN3O2/c1-3-5-16-12(10(13)9-15-16)11(14)4-6-18-8-7-17-2/h9,11H,3-8,14H2,1-2H3. The van der Waals surface area contributed by atoms with Gasteiger partial charge in [0.25, 0.3) is 0 Å². The minimum atomic E-state index is -0.0593. The van der Waals surface area contributed by atoms with E-state index in [1.807, 2.05) is 4.68 Å². The van der Waals surface area contributed by atoms with Gasteiger partial charge in [0.05, 0.1) is 35.6 Å². The lowest BCUT2D eigenvalue weighted by molar-refractivity contribution is 0.0669. The fraction of sp³-hybridized carbons (Fsp3) is 0.750. The van der Waals surface area contributed by atoms with Gasteiger partial charge in [0.1, 0.15) is 0 Å². The third-order valence-electron chi connectivity index (χ3n) is 2.62. The van der Waals surface area contributed by atoms with Crippen molar-refractivity contribution in [2.24, 2.45) is 5.73 Å².